The van der Waals surface area contributed by atoms with Crippen molar-refractivity contribution in [3.63, 3.8) is 0 Å². The quantitative estimate of drug-likeness (QED) is 0.557. The highest BCUT2D eigenvalue weighted by molar-refractivity contribution is 6.14. The van der Waals surface area contributed by atoms with Crippen LogP contribution in [0.3, 0.4) is 0 Å². The van der Waals surface area contributed by atoms with E-state index in [9.17, 15) is 14.0 Å². The standard InChI is InChI=1S/C19H14FNO5/c1-10(19(23)24)11-6-7-13(14(20)8-11)18-21-17-12(9-16(22)25-2)4-3-5-15(17)26-18/h3-8H,1,9H2,2H3,(H,23,24). The van der Waals surface area contributed by atoms with Gasteiger partial charge in [-0.3, -0.25) is 4.79 Å². The van der Waals surface area contributed by atoms with Crippen molar-refractivity contribution in [1.82, 2.24) is 4.98 Å². The largest absolute Gasteiger partial charge is 0.478 e. The lowest BCUT2D eigenvalue weighted by Gasteiger charge is -2.03. The summed E-state index contributed by atoms with van der Waals surface area (Å²) in [6.07, 6.45) is 0.0136. The van der Waals surface area contributed by atoms with Gasteiger partial charge in [0.15, 0.2) is 5.58 Å². The minimum absolute atomic E-state index is 0.0136. The molecular weight excluding hydrogens is 341 g/mol. The van der Waals surface area contributed by atoms with Crippen molar-refractivity contribution >= 4 is 28.6 Å². The zero-order valence-electron chi connectivity index (χ0n) is 13.8. The summed E-state index contributed by atoms with van der Waals surface area (Å²) < 4.78 is 24.7. The molecule has 0 atom stereocenters. The van der Waals surface area contributed by atoms with E-state index in [1.165, 1.54) is 19.2 Å². The van der Waals surface area contributed by atoms with Crippen LogP contribution in [0.2, 0.25) is 0 Å². The highest BCUT2D eigenvalue weighted by Crippen LogP contribution is 2.29. The Bertz CT molecular complexity index is 1040. The van der Waals surface area contributed by atoms with Crippen LogP contribution in [0.5, 0.6) is 0 Å². The molecule has 0 fully saturated rings. The van der Waals surface area contributed by atoms with E-state index in [1.807, 2.05) is 0 Å². The van der Waals surface area contributed by atoms with Crippen molar-refractivity contribution in [2.75, 3.05) is 7.11 Å². The van der Waals surface area contributed by atoms with Gasteiger partial charge in [-0.05, 0) is 29.3 Å². The van der Waals surface area contributed by atoms with Crippen molar-refractivity contribution < 1.29 is 28.2 Å². The van der Waals surface area contributed by atoms with Crippen LogP contribution in [0.1, 0.15) is 11.1 Å². The summed E-state index contributed by atoms with van der Waals surface area (Å²) in [4.78, 5) is 26.7. The van der Waals surface area contributed by atoms with Crippen LogP contribution in [-0.2, 0) is 20.7 Å². The van der Waals surface area contributed by atoms with Crippen LogP contribution < -0.4 is 0 Å². The van der Waals surface area contributed by atoms with E-state index in [1.54, 1.807) is 18.2 Å². The molecule has 0 aliphatic heterocycles. The second kappa shape index (κ2) is 6.79. The van der Waals surface area contributed by atoms with Gasteiger partial charge in [-0.25, -0.2) is 14.2 Å². The van der Waals surface area contributed by atoms with Crippen LogP contribution in [-0.4, -0.2) is 29.1 Å². The predicted octanol–water partition coefficient (Wildman–Crippen LogP) is 3.45. The van der Waals surface area contributed by atoms with Gasteiger partial charge < -0.3 is 14.3 Å². The van der Waals surface area contributed by atoms with Crippen LogP contribution in [0.15, 0.2) is 47.4 Å². The molecule has 3 rings (SSSR count). The number of esters is 1. The van der Waals surface area contributed by atoms with Gasteiger partial charge in [0, 0.05) is 0 Å². The number of aromatic nitrogens is 1. The van der Waals surface area contributed by atoms with Crippen molar-refractivity contribution in [3.8, 4) is 11.5 Å². The molecule has 0 unspecified atom stereocenters. The third kappa shape index (κ3) is 3.19. The van der Waals surface area contributed by atoms with Crippen molar-refractivity contribution in [3.05, 3.63) is 59.9 Å². The topological polar surface area (TPSA) is 89.6 Å². The average molecular weight is 355 g/mol. The maximum atomic E-state index is 14.4. The number of nitrogens with zero attached hydrogens (tertiary/aromatic N) is 1. The van der Waals surface area contributed by atoms with E-state index in [4.69, 9.17) is 9.52 Å². The second-order valence-corrected chi connectivity index (χ2v) is 5.51. The number of aliphatic carboxylic acids is 1. The molecule has 3 aromatic rings. The summed E-state index contributed by atoms with van der Waals surface area (Å²) in [5, 5.41) is 8.94. The normalized spacial score (nSPS) is 10.7. The number of oxazole rings is 1. The molecule has 0 bridgehead atoms. The Balaban J connectivity index is 2.03. The molecule has 0 amide bonds. The number of rotatable bonds is 5. The second-order valence-electron chi connectivity index (χ2n) is 5.51. The highest BCUT2D eigenvalue weighted by atomic mass is 19.1. The van der Waals surface area contributed by atoms with Gasteiger partial charge in [0.05, 0.1) is 24.7 Å². The first-order valence-electron chi connectivity index (χ1n) is 7.58. The fourth-order valence-electron chi connectivity index (χ4n) is 2.49. The number of hydrogen-bond donors (Lipinski definition) is 1. The maximum Gasteiger partial charge on any atom is 0.335 e. The number of carboxylic acid groups (broad SMARTS) is 1. The zero-order chi connectivity index (χ0) is 18.8. The SMILES string of the molecule is C=C(C(=O)O)c1ccc(-c2nc3c(CC(=O)OC)cccc3o2)c(F)c1. The molecule has 0 aliphatic rings. The van der Waals surface area contributed by atoms with E-state index in [-0.39, 0.29) is 29.0 Å². The van der Waals surface area contributed by atoms with Crippen molar-refractivity contribution in [2.45, 2.75) is 6.42 Å². The fraction of sp³-hybridized carbons (Fsp3) is 0.105. The molecular formula is C19H14FNO5. The maximum absolute atomic E-state index is 14.4. The lowest BCUT2D eigenvalue weighted by Crippen LogP contribution is -2.04. The summed E-state index contributed by atoms with van der Waals surface area (Å²) in [6.45, 7) is 3.40. The lowest BCUT2D eigenvalue weighted by molar-refractivity contribution is -0.139. The highest BCUT2D eigenvalue weighted by Gasteiger charge is 2.18. The first-order valence-corrected chi connectivity index (χ1v) is 7.58. The number of para-hydroxylation sites is 1. The number of carboxylic acids is 1. The summed E-state index contributed by atoms with van der Waals surface area (Å²) in [5.74, 6) is -2.32. The molecule has 0 saturated carbocycles. The third-order valence-corrected chi connectivity index (χ3v) is 3.87. The minimum Gasteiger partial charge on any atom is -0.478 e. The Morgan fingerprint density at radius 2 is 2.08 bits per heavy atom. The van der Waals surface area contributed by atoms with Crippen LogP contribution in [0.25, 0.3) is 28.1 Å². The van der Waals surface area contributed by atoms with Gasteiger partial charge >= 0.3 is 11.9 Å². The first-order chi connectivity index (χ1) is 12.4. The van der Waals surface area contributed by atoms with Gasteiger partial charge in [-0.2, -0.15) is 0 Å². The number of methoxy groups -OCH3 is 1. The molecule has 1 N–H and O–H groups in total. The van der Waals surface area contributed by atoms with Crippen LogP contribution >= 0.6 is 0 Å². The first kappa shape index (κ1) is 17.3. The number of benzene rings is 2. The molecule has 2 aromatic carbocycles. The Hall–Kier alpha value is -3.48. The number of carbonyl (C=O) groups excluding carboxylic acids is 1. The number of hydrogen-bond acceptors (Lipinski definition) is 5. The molecule has 0 aliphatic carbocycles. The number of halogens is 1. The third-order valence-electron chi connectivity index (χ3n) is 3.87. The fourth-order valence-corrected chi connectivity index (χ4v) is 2.49. The Morgan fingerprint density at radius 1 is 1.31 bits per heavy atom. The summed E-state index contributed by atoms with van der Waals surface area (Å²) in [6, 6.07) is 8.94. The molecule has 1 heterocycles. The molecule has 0 saturated heterocycles. The van der Waals surface area contributed by atoms with E-state index in [0.29, 0.717) is 16.7 Å². The molecule has 0 radical (unpaired) electrons. The average Bonchev–Trinajstić information content (AvgIpc) is 3.05. The Labute approximate surface area is 147 Å². The van der Waals surface area contributed by atoms with Crippen LogP contribution in [0.4, 0.5) is 4.39 Å². The predicted molar refractivity (Wildman–Crippen MR) is 91.8 cm³/mol. The monoisotopic (exact) mass is 355 g/mol. The van der Waals surface area contributed by atoms with Crippen molar-refractivity contribution in [2.24, 2.45) is 0 Å². The van der Waals surface area contributed by atoms with Gasteiger partial charge in [-0.15, -0.1) is 0 Å². The molecule has 1 aromatic heterocycles. The molecule has 0 spiro atoms. The lowest BCUT2D eigenvalue weighted by atomic mass is 10.0. The van der Waals surface area contributed by atoms with E-state index in [2.05, 4.69) is 16.3 Å². The number of fused-ring (bicyclic) bond motifs is 1. The molecule has 6 nitrogen and oxygen atoms in total. The Morgan fingerprint density at radius 3 is 2.73 bits per heavy atom. The van der Waals surface area contributed by atoms with Crippen molar-refractivity contribution in [1.29, 1.82) is 0 Å². The Kier molecular flexibility index (Phi) is 4.53. The smallest absolute Gasteiger partial charge is 0.335 e. The van der Waals surface area contributed by atoms with Gasteiger partial charge in [0.25, 0.3) is 0 Å². The molecule has 132 valence electrons. The van der Waals surface area contributed by atoms with E-state index in [0.717, 1.165) is 6.07 Å². The summed E-state index contributed by atoms with van der Waals surface area (Å²) in [5.41, 5.74) is 1.45. The summed E-state index contributed by atoms with van der Waals surface area (Å²) >= 11 is 0. The van der Waals surface area contributed by atoms with Gasteiger partial charge in [0.1, 0.15) is 11.3 Å². The molecule has 7 heteroatoms. The number of carbonyl (C=O) groups is 2. The van der Waals surface area contributed by atoms with Crippen LogP contribution in [0, 0.1) is 5.82 Å². The van der Waals surface area contributed by atoms with Gasteiger partial charge in [0.2, 0.25) is 5.89 Å². The zero-order valence-corrected chi connectivity index (χ0v) is 13.8. The summed E-state index contributed by atoms with van der Waals surface area (Å²) in [7, 11) is 1.29. The van der Waals surface area contributed by atoms with Gasteiger partial charge in [-0.1, -0.05) is 24.8 Å². The van der Waals surface area contributed by atoms with E-state index < -0.39 is 17.8 Å². The minimum atomic E-state index is -1.23. The number of ether oxygens (including phenoxy) is 1. The van der Waals surface area contributed by atoms with E-state index >= 15 is 0 Å². The molecule has 26 heavy (non-hydrogen) atoms.